The molecule has 17 heavy (non-hydrogen) atoms. The molecular weight excluding hydrogens is 263 g/mol. The predicted molar refractivity (Wildman–Crippen MR) is 55.4 cm³/mol. The van der Waals surface area contributed by atoms with Gasteiger partial charge in [0.1, 0.15) is 0 Å². The van der Waals surface area contributed by atoms with Crippen LogP contribution in [-0.2, 0) is 19.7 Å². The van der Waals surface area contributed by atoms with E-state index in [0.717, 1.165) is 0 Å². The molecule has 0 amide bonds. The molecule has 0 aromatic heterocycles. The van der Waals surface area contributed by atoms with Crippen molar-refractivity contribution in [3.63, 3.8) is 0 Å². The molecule has 0 spiro atoms. The molecule has 1 atom stereocenters. The second-order valence-corrected chi connectivity index (χ2v) is 4.93. The molecule has 7 nitrogen and oxygen atoms in total. The number of aliphatic carboxylic acids is 2. The molecule has 0 radical (unpaired) electrons. The number of hydrogen-bond acceptors (Lipinski definition) is 4. The van der Waals surface area contributed by atoms with Crippen molar-refractivity contribution in [3.8, 4) is 0 Å². The van der Waals surface area contributed by atoms with Crippen molar-refractivity contribution in [2.75, 3.05) is 0 Å². The summed E-state index contributed by atoms with van der Waals surface area (Å²) in [7, 11) is -4.84. The second kappa shape index (κ2) is 9.84. The maximum Gasteiger partial charge on any atom is 1.00 e. The van der Waals surface area contributed by atoms with Gasteiger partial charge in [0.05, 0.1) is 6.42 Å². The van der Waals surface area contributed by atoms with Crippen LogP contribution < -0.4 is 29.6 Å². The van der Waals surface area contributed by atoms with Gasteiger partial charge in [-0.25, -0.2) is 0 Å². The van der Waals surface area contributed by atoms with E-state index in [1.54, 1.807) is 0 Å². The molecule has 0 aliphatic heterocycles. The predicted octanol–water partition coefficient (Wildman–Crippen LogP) is -2.72. The Bertz CT molecular complexity index is 333. The summed E-state index contributed by atoms with van der Waals surface area (Å²) in [6.07, 6.45) is -1.16. The molecule has 96 valence electrons. The molecule has 0 aliphatic rings. The van der Waals surface area contributed by atoms with Crippen LogP contribution in [0.2, 0.25) is 0 Å². The third kappa shape index (κ3) is 15.9. The summed E-state index contributed by atoms with van der Waals surface area (Å²) in [5, 5.41) is 13.9. The van der Waals surface area contributed by atoms with Gasteiger partial charge in [0.25, 0.3) is 10.1 Å². The molecule has 3 N–H and O–H groups in total. The third-order valence-electron chi connectivity index (χ3n) is 0.995. The smallest absolute Gasteiger partial charge is 0.481 e. The summed E-state index contributed by atoms with van der Waals surface area (Å²) in [5.41, 5.74) is 0. The van der Waals surface area contributed by atoms with Gasteiger partial charge in [-0.15, -0.1) is 0 Å². The van der Waals surface area contributed by atoms with Crippen molar-refractivity contribution < 1.29 is 62.3 Å². The Morgan fingerprint density at radius 3 is 1.59 bits per heavy atom. The van der Waals surface area contributed by atoms with Crippen molar-refractivity contribution >= 4 is 22.1 Å². The summed E-state index contributed by atoms with van der Waals surface area (Å²) >= 11 is 0. The molecule has 0 rings (SSSR count). The molecule has 9 heteroatoms. The van der Waals surface area contributed by atoms with Crippen molar-refractivity contribution in [3.05, 3.63) is 6.92 Å². The monoisotopic (exact) mass is 278 g/mol. The molecule has 0 aromatic rings. The SMILES string of the molecule is O=C(O)CC(C(=O)O)S(=O)(=O)O.[CH2-]C(C)C.[Na+]. The van der Waals surface area contributed by atoms with Gasteiger partial charge >= 0.3 is 41.5 Å². The van der Waals surface area contributed by atoms with Crippen LogP contribution in [0.5, 0.6) is 0 Å². The maximum absolute atomic E-state index is 10.2. The number of carboxylic acids is 2. The minimum atomic E-state index is -4.84. The summed E-state index contributed by atoms with van der Waals surface area (Å²) in [6, 6.07) is 0. The summed E-state index contributed by atoms with van der Waals surface area (Å²) < 4.78 is 28.7. The Labute approximate surface area is 122 Å². The van der Waals surface area contributed by atoms with E-state index in [0.29, 0.717) is 5.92 Å². The zero-order valence-corrected chi connectivity index (χ0v) is 12.8. The first kappa shape index (κ1) is 22.1. The molecule has 0 bridgehead atoms. The fourth-order valence-corrected chi connectivity index (χ4v) is 1.09. The van der Waals surface area contributed by atoms with Crippen molar-refractivity contribution in [1.29, 1.82) is 0 Å². The first-order valence-electron chi connectivity index (χ1n) is 4.22. The number of rotatable bonds is 4. The van der Waals surface area contributed by atoms with E-state index < -0.39 is 33.7 Å². The minimum absolute atomic E-state index is 0. The molecular formula is C8H15NaO7S. The van der Waals surface area contributed by atoms with Gasteiger partial charge in [0.15, 0.2) is 5.25 Å². The standard InChI is InChI=1S/C4H6O7S.C4H9.Na/c5-3(6)1-2(4(7)8)12(9,10)11;1-4(2)3;/h2H,1H2,(H,5,6)(H,7,8)(H,9,10,11);4H,1H2,2-3H3;/q;-1;+1. The van der Waals surface area contributed by atoms with Crippen LogP contribution >= 0.6 is 0 Å². The van der Waals surface area contributed by atoms with Gasteiger partial charge in [-0.05, 0) is 0 Å². The molecule has 0 heterocycles. The number of hydrogen-bond donors (Lipinski definition) is 3. The first-order valence-corrected chi connectivity index (χ1v) is 5.72. The van der Waals surface area contributed by atoms with Gasteiger partial charge in [-0.1, -0.05) is 13.8 Å². The van der Waals surface area contributed by atoms with Gasteiger partial charge < -0.3 is 17.1 Å². The van der Waals surface area contributed by atoms with E-state index in [1.807, 2.05) is 0 Å². The van der Waals surface area contributed by atoms with E-state index in [1.165, 1.54) is 0 Å². The van der Waals surface area contributed by atoms with E-state index in [-0.39, 0.29) is 29.6 Å². The van der Waals surface area contributed by atoms with Crippen LogP contribution in [0, 0.1) is 12.8 Å². The Morgan fingerprint density at radius 1 is 1.24 bits per heavy atom. The zero-order valence-electron chi connectivity index (χ0n) is 9.95. The number of carboxylic acid groups (broad SMARTS) is 2. The van der Waals surface area contributed by atoms with E-state index in [2.05, 4.69) is 20.8 Å². The Morgan fingerprint density at radius 2 is 1.53 bits per heavy atom. The van der Waals surface area contributed by atoms with Crippen LogP contribution in [0.15, 0.2) is 0 Å². The summed E-state index contributed by atoms with van der Waals surface area (Å²) in [6.45, 7) is 7.75. The Hall–Kier alpha value is -0.150. The summed E-state index contributed by atoms with van der Waals surface area (Å²) in [5.74, 6) is -2.92. The fourth-order valence-electron chi connectivity index (χ4n) is 0.479. The van der Waals surface area contributed by atoms with Gasteiger partial charge in [0, 0.05) is 0 Å². The van der Waals surface area contributed by atoms with E-state index in [4.69, 9.17) is 14.8 Å². The Kier molecular flexibility index (Phi) is 12.8. The van der Waals surface area contributed by atoms with E-state index in [9.17, 15) is 18.0 Å². The van der Waals surface area contributed by atoms with Gasteiger partial charge in [0.2, 0.25) is 0 Å². The van der Waals surface area contributed by atoms with Crippen molar-refractivity contribution in [1.82, 2.24) is 0 Å². The topological polar surface area (TPSA) is 129 Å². The van der Waals surface area contributed by atoms with E-state index >= 15 is 0 Å². The zero-order chi connectivity index (χ0) is 13.5. The molecule has 0 aromatic carbocycles. The van der Waals surface area contributed by atoms with Crippen molar-refractivity contribution in [2.24, 2.45) is 5.92 Å². The Balaban J connectivity index is -0.000000340. The largest absolute Gasteiger partial charge is 1.00 e. The van der Waals surface area contributed by atoms with Crippen LogP contribution in [-0.4, -0.2) is 40.4 Å². The third-order valence-corrected chi connectivity index (χ3v) is 2.08. The van der Waals surface area contributed by atoms with Crippen molar-refractivity contribution in [2.45, 2.75) is 25.5 Å². The van der Waals surface area contributed by atoms with Crippen LogP contribution in [0.3, 0.4) is 0 Å². The number of carbonyl (C=O) groups is 2. The fraction of sp³-hybridized carbons (Fsp3) is 0.625. The van der Waals surface area contributed by atoms with Crippen LogP contribution in [0.4, 0.5) is 0 Å². The van der Waals surface area contributed by atoms with Crippen LogP contribution in [0.25, 0.3) is 0 Å². The van der Waals surface area contributed by atoms with Crippen LogP contribution in [0.1, 0.15) is 20.3 Å². The quantitative estimate of drug-likeness (QED) is 0.289. The molecule has 1 unspecified atom stereocenters. The van der Waals surface area contributed by atoms with Gasteiger partial charge in [-0.3, -0.25) is 14.1 Å². The molecule has 0 saturated carbocycles. The molecule has 0 fully saturated rings. The first-order chi connectivity index (χ1) is 6.98. The maximum atomic E-state index is 10.2. The second-order valence-electron chi connectivity index (χ2n) is 3.33. The summed E-state index contributed by atoms with van der Waals surface area (Å²) in [4.78, 5) is 20.0. The molecule has 0 aliphatic carbocycles. The average molecular weight is 278 g/mol. The van der Waals surface area contributed by atoms with Gasteiger partial charge in [-0.2, -0.15) is 14.3 Å². The minimum Gasteiger partial charge on any atom is -0.481 e. The average Bonchev–Trinajstić information content (AvgIpc) is 1.95. The molecule has 0 saturated heterocycles. The normalized spacial score (nSPS) is 11.8.